The van der Waals surface area contributed by atoms with E-state index in [1.807, 2.05) is 0 Å². The van der Waals surface area contributed by atoms with Crippen molar-refractivity contribution in [3.05, 3.63) is 27.9 Å². The van der Waals surface area contributed by atoms with Gasteiger partial charge in [-0.25, -0.2) is 4.98 Å². The maximum atomic E-state index is 9.92. The number of aromatic nitrogens is 1. The SMILES string of the molecule is CC1CCN(Cc2csc(-c3ccsc3)n2)CC1O. The number of nitrogens with zero attached hydrogens (tertiary/aromatic N) is 2. The van der Waals surface area contributed by atoms with E-state index < -0.39 is 0 Å². The van der Waals surface area contributed by atoms with Gasteiger partial charge in [0, 0.05) is 29.4 Å². The summed E-state index contributed by atoms with van der Waals surface area (Å²) in [4.78, 5) is 7.00. The number of β-amino-alcohol motifs (C(OH)–C–C–N with tert-alkyl or cyclic N) is 1. The standard InChI is InChI=1S/C14H18N2OS2/c1-10-2-4-16(7-13(10)17)6-12-9-19-14(15-12)11-3-5-18-8-11/h3,5,8-10,13,17H,2,4,6-7H2,1H3. The lowest BCUT2D eigenvalue weighted by Crippen LogP contribution is -2.42. The molecule has 2 aromatic rings. The van der Waals surface area contributed by atoms with E-state index >= 15 is 0 Å². The Morgan fingerprint density at radius 2 is 2.37 bits per heavy atom. The molecule has 0 aliphatic carbocycles. The molecule has 2 atom stereocenters. The van der Waals surface area contributed by atoms with E-state index in [-0.39, 0.29) is 6.10 Å². The van der Waals surface area contributed by atoms with E-state index in [0.717, 1.165) is 36.8 Å². The van der Waals surface area contributed by atoms with Crippen LogP contribution >= 0.6 is 22.7 Å². The van der Waals surface area contributed by atoms with Gasteiger partial charge in [-0.2, -0.15) is 11.3 Å². The Morgan fingerprint density at radius 3 is 3.11 bits per heavy atom. The fourth-order valence-electron chi connectivity index (χ4n) is 2.39. The van der Waals surface area contributed by atoms with E-state index in [0.29, 0.717) is 5.92 Å². The van der Waals surface area contributed by atoms with Crippen LogP contribution < -0.4 is 0 Å². The highest BCUT2D eigenvalue weighted by Gasteiger charge is 2.24. The third-order valence-corrected chi connectivity index (χ3v) is 5.33. The summed E-state index contributed by atoms with van der Waals surface area (Å²) in [6.07, 6.45) is 0.881. The van der Waals surface area contributed by atoms with Crippen LogP contribution in [0.5, 0.6) is 0 Å². The number of aliphatic hydroxyl groups is 1. The molecule has 0 spiro atoms. The predicted molar refractivity (Wildman–Crippen MR) is 80.5 cm³/mol. The van der Waals surface area contributed by atoms with Crippen molar-refractivity contribution in [3.8, 4) is 10.6 Å². The number of rotatable bonds is 3. The van der Waals surface area contributed by atoms with E-state index in [9.17, 15) is 5.11 Å². The molecule has 0 amide bonds. The zero-order chi connectivity index (χ0) is 13.2. The molecular formula is C14H18N2OS2. The van der Waals surface area contributed by atoms with Crippen LogP contribution in [0.15, 0.2) is 22.2 Å². The average molecular weight is 294 g/mol. The third kappa shape index (κ3) is 3.05. The predicted octanol–water partition coefficient (Wildman–Crippen LogP) is 3.07. The van der Waals surface area contributed by atoms with Gasteiger partial charge in [-0.05, 0) is 30.3 Å². The Balaban J connectivity index is 1.64. The molecule has 1 aliphatic rings. The molecule has 3 nitrogen and oxygen atoms in total. The number of piperidine rings is 1. The lowest BCUT2D eigenvalue weighted by atomic mass is 9.96. The molecule has 5 heteroatoms. The summed E-state index contributed by atoms with van der Waals surface area (Å²) in [5.74, 6) is 0.424. The van der Waals surface area contributed by atoms with Gasteiger partial charge in [-0.3, -0.25) is 4.90 Å². The zero-order valence-corrected chi connectivity index (χ0v) is 12.6. The molecule has 1 N–H and O–H groups in total. The molecule has 3 heterocycles. The summed E-state index contributed by atoms with van der Waals surface area (Å²) >= 11 is 3.41. The lowest BCUT2D eigenvalue weighted by molar-refractivity contribution is 0.0255. The first-order valence-electron chi connectivity index (χ1n) is 6.60. The molecule has 2 unspecified atom stereocenters. The van der Waals surface area contributed by atoms with Crippen LogP contribution in [0.1, 0.15) is 19.0 Å². The molecule has 2 aromatic heterocycles. The van der Waals surface area contributed by atoms with Gasteiger partial charge in [0.15, 0.2) is 0 Å². The van der Waals surface area contributed by atoms with E-state index in [1.165, 1.54) is 5.56 Å². The summed E-state index contributed by atoms with van der Waals surface area (Å²) in [5, 5.41) is 17.4. The second-order valence-electron chi connectivity index (χ2n) is 5.22. The van der Waals surface area contributed by atoms with Crippen molar-refractivity contribution in [1.82, 2.24) is 9.88 Å². The smallest absolute Gasteiger partial charge is 0.124 e. The third-order valence-electron chi connectivity index (χ3n) is 3.71. The maximum absolute atomic E-state index is 9.92. The van der Waals surface area contributed by atoms with Crippen molar-refractivity contribution < 1.29 is 5.11 Å². The van der Waals surface area contributed by atoms with Crippen molar-refractivity contribution in [2.45, 2.75) is 26.0 Å². The monoisotopic (exact) mass is 294 g/mol. The minimum Gasteiger partial charge on any atom is -0.392 e. The van der Waals surface area contributed by atoms with Crippen molar-refractivity contribution in [2.24, 2.45) is 5.92 Å². The number of hydrogen-bond donors (Lipinski definition) is 1. The number of hydrogen-bond acceptors (Lipinski definition) is 5. The Bertz CT molecular complexity index is 523. The maximum Gasteiger partial charge on any atom is 0.124 e. The van der Waals surface area contributed by atoms with Crippen LogP contribution in [-0.4, -0.2) is 34.2 Å². The normalized spacial score (nSPS) is 24.7. The molecule has 102 valence electrons. The number of likely N-dealkylation sites (tertiary alicyclic amines) is 1. The minimum atomic E-state index is -0.191. The largest absolute Gasteiger partial charge is 0.392 e. The average Bonchev–Trinajstić information content (AvgIpc) is 3.04. The fourth-order valence-corrected chi connectivity index (χ4v) is 3.91. The molecule has 1 aliphatic heterocycles. The lowest BCUT2D eigenvalue weighted by Gasteiger charge is -2.33. The topological polar surface area (TPSA) is 36.4 Å². The van der Waals surface area contributed by atoms with Crippen LogP contribution in [-0.2, 0) is 6.54 Å². The summed E-state index contributed by atoms with van der Waals surface area (Å²) < 4.78 is 0. The summed E-state index contributed by atoms with van der Waals surface area (Å²) in [5.41, 5.74) is 2.33. The fraction of sp³-hybridized carbons (Fsp3) is 0.500. The zero-order valence-electron chi connectivity index (χ0n) is 11.0. The highest BCUT2D eigenvalue weighted by molar-refractivity contribution is 7.14. The van der Waals surface area contributed by atoms with Crippen LogP contribution in [0.3, 0.4) is 0 Å². The Labute approximate surface area is 121 Å². The van der Waals surface area contributed by atoms with Crippen molar-refractivity contribution in [3.63, 3.8) is 0 Å². The van der Waals surface area contributed by atoms with Crippen molar-refractivity contribution in [1.29, 1.82) is 0 Å². The van der Waals surface area contributed by atoms with Crippen LogP contribution in [0.4, 0.5) is 0 Å². The molecule has 0 aromatic carbocycles. The molecule has 1 fully saturated rings. The number of aliphatic hydroxyl groups excluding tert-OH is 1. The van der Waals surface area contributed by atoms with Crippen LogP contribution in [0.25, 0.3) is 10.6 Å². The van der Waals surface area contributed by atoms with Crippen molar-refractivity contribution >= 4 is 22.7 Å². The summed E-state index contributed by atoms with van der Waals surface area (Å²) in [6, 6.07) is 2.11. The second-order valence-corrected chi connectivity index (χ2v) is 6.86. The highest BCUT2D eigenvalue weighted by Crippen LogP contribution is 2.27. The van der Waals surface area contributed by atoms with Crippen molar-refractivity contribution in [2.75, 3.05) is 13.1 Å². The molecule has 0 saturated carbocycles. The van der Waals surface area contributed by atoms with Gasteiger partial charge in [0.25, 0.3) is 0 Å². The first kappa shape index (κ1) is 13.2. The first-order chi connectivity index (χ1) is 9.22. The van der Waals surface area contributed by atoms with E-state index in [1.54, 1.807) is 22.7 Å². The highest BCUT2D eigenvalue weighted by atomic mass is 32.1. The second kappa shape index (κ2) is 5.71. The Kier molecular flexibility index (Phi) is 3.98. The van der Waals surface area contributed by atoms with Gasteiger partial charge in [-0.1, -0.05) is 6.92 Å². The van der Waals surface area contributed by atoms with Gasteiger partial charge in [0.1, 0.15) is 5.01 Å². The quantitative estimate of drug-likeness (QED) is 0.945. The van der Waals surface area contributed by atoms with Gasteiger partial charge >= 0.3 is 0 Å². The van der Waals surface area contributed by atoms with Gasteiger partial charge in [-0.15, -0.1) is 11.3 Å². The van der Waals surface area contributed by atoms with E-state index in [2.05, 4.69) is 34.0 Å². The van der Waals surface area contributed by atoms with E-state index in [4.69, 9.17) is 4.98 Å². The molecule has 3 rings (SSSR count). The Hall–Kier alpha value is -0.750. The van der Waals surface area contributed by atoms with Crippen LogP contribution in [0.2, 0.25) is 0 Å². The van der Waals surface area contributed by atoms with Gasteiger partial charge in [0.05, 0.1) is 11.8 Å². The molecule has 19 heavy (non-hydrogen) atoms. The molecular weight excluding hydrogens is 276 g/mol. The van der Waals surface area contributed by atoms with Crippen LogP contribution in [0, 0.1) is 5.92 Å². The van der Waals surface area contributed by atoms with Gasteiger partial charge in [0.2, 0.25) is 0 Å². The first-order valence-corrected chi connectivity index (χ1v) is 8.42. The number of thiophene rings is 1. The summed E-state index contributed by atoms with van der Waals surface area (Å²) in [6.45, 7) is 4.81. The molecule has 0 bridgehead atoms. The molecule has 0 radical (unpaired) electrons. The molecule has 1 saturated heterocycles. The minimum absolute atomic E-state index is 0.191. The van der Waals surface area contributed by atoms with Gasteiger partial charge < -0.3 is 5.11 Å². The Morgan fingerprint density at radius 1 is 1.47 bits per heavy atom. The summed E-state index contributed by atoms with van der Waals surface area (Å²) in [7, 11) is 0. The number of thiazole rings is 1.